The van der Waals surface area contributed by atoms with Crippen LogP contribution in [0.4, 0.5) is 17.7 Å². The van der Waals surface area contributed by atoms with Crippen LogP contribution in [-0.2, 0) is 68.9 Å². The minimum Gasteiger partial charge on any atom is -0.383 e. The zero-order valence-electron chi connectivity index (χ0n) is 64.2. The highest BCUT2D eigenvalue weighted by atomic mass is 31.2. The number of fused-ring (bicyclic) bond motifs is 2. The van der Waals surface area contributed by atoms with Crippen molar-refractivity contribution in [2.75, 3.05) is 83.6 Å². The van der Waals surface area contributed by atoms with Crippen molar-refractivity contribution in [3.8, 4) is 0 Å². The second kappa shape index (κ2) is 32.9. The fourth-order valence-corrected chi connectivity index (χ4v) is 21.0. The first kappa shape index (κ1) is 83.7. The topological polar surface area (TPSA) is 488 Å². The number of hydrogen-bond donors (Lipinski definition) is 7. The molecule has 5 aliphatic heterocycles. The number of ether oxygens (including phenoxy) is 5. The quantitative estimate of drug-likeness (QED) is 0.0284. The second-order valence-electron chi connectivity index (χ2n) is 29.8. The molecule has 0 bridgehead atoms. The van der Waals surface area contributed by atoms with Gasteiger partial charge in [0.1, 0.15) is 110 Å². The molecule has 5 fully saturated rings. The predicted octanol–water partition coefficient (Wildman–Crippen LogP) is 4.90. The first-order chi connectivity index (χ1) is 52.0. The number of aromatic amines is 4. The number of imidazole rings is 2. The first-order valence-corrected chi connectivity index (χ1v) is 47.2. The molecule has 39 nitrogen and oxygen atoms in total. The molecule has 12 heterocycles. The van der Waals surface area contributed by atoms with E-state index in [4.69, 9.17) is 86.1 Å². The summed E-state index contributed by atoms with van der Waals surface area (Å²) in [7, 11) is -15.4. The molecule has 10 N–H and O–H groups in total. The Hall–Kier alpha value is -6.76. The molecule has 610 valence electrons. The monoisotopic (exact) mass is 1650 g/mol. The second-order valence-corrected chi connectivity index (χ2v) is 42.3. The highest BCUT2D eigenvalue weighted by Crippen LogP contribution is 2.56. The van der Waals surface area contributed by atoms with E-state index < -0.39 is 162 Å². The number of nitrogens with zero attached hydrogens (tertiary/aromatic N) is 10. The van der Waals surface area contributed by atoms with Crippen LogP contribution in [0.25, 0.3) is 22.3 Å². The summed E-state index contributed by atoms with van der Waals surface area (Å²) < 4.78 is 107. The number of H-pyrrole nitrogens is 4. The molecule has 111 heavy (non-hydrogen) atoms. The first-order valence-electron chi connectivity index (χ1n) is 35.9. The van der Waals surface area contributed by atoms with Crippen molar-refractivity contribution in [2.24, 2.45) is 11.8 Å². The minimum atomic E-state index is -3.30. The molecule has 0 aliphatic carbocycles. The van der Waals surface area contributed by atoms with E-state index in [1.54, 1.807) is 76.4 Å². The Bertz CT molecular complexity index is 5360. The van der Waals surface area contributed by atoms with Crippen LogP contribution in [0.5, 0.6) is 0 Å². The molecule has 0 radical (unpaired) electrons. The summed E-state index contributed by atoms with van der Waals surface area (Å²) in [4.78, 5) is 123. The van der Waals surface area contributed by atoms with Crippen LogP contribution in [0, 0.1) is 39.5 Å². The number of aromatic nitrogens is 14. The number of hydrogen-bond acceptors (Lipinski definition) is 30. The van der Waals surface area contributed by atoms with Crippen molar-refractivity contribution in [1.29, 1.82) is 0 Å². The van der Waals surface area contributed by atoms with Crippen molar-refractivity contribution < 1.29 is 68.9 Å². The predicted molar refractivity (Wildman–Crippen MR) is 426 cm³/mol. The van der Waals surface area contributed by atoms with Gasteiger partial charge in [-0.2, -0.15) is 15.0 Å². The lowest BCUT2D eigenvalue weighted by atomic mass is 9.89. The Labute approximate surface area is 637 Å². The zero-order valence-corrected chi connectivity index (χ0v) is 68.6. The normalized spacial score (nSPS) is 28.5. The molecule has 0 saturated carbocycles. The van der Waals surface area contributed by atoms with Crippen molar-refractivity contribution in [1.82, 2.24) is 67.7 Å². The smallest absolute Gasteiger partial charge is 0.351 e. The molecule has 0 aromatic carbocycles. The van der Waals surface area contributed by atoms with E-state index in [0.717, 1.165) is 0 Å². The lowest BCUT2D eigenvalue weighted by Gasteiger charge is -2.32. The van der Waals surface area contributed by atoms with Gasteiger partial charge in [-0.3, -0.25) is 61.9 Å². The molecule has 5 saturated heterocycles. The fraction of sp³-hybridized carbons (Fsp3) is 0.597. The average Bonchev–Trinajstić information content (AvgIpc) is 1.61. The van der Waals surface area contributed by atoms with Gasteiger partial charge in [0.05, 0.1) is 69.7 Å². The number of nitrogens with two attached hydrogens (primary N) is 3. The molecule has 5 unspecified atom stereocenters. The average molecular weight is 1650 g/mol. The Morgan fingerprint density at radius 1 is 0.459 bits per heavy atom. The molecule has 0 amide bonds. The van der Waals surface area contributed by atoms with Crippen molar-refractivity contribution in [3.05, 3.63) is 120 Å². The summed E-state index contributed by atoms with van der Waals surface area (Å²) in [5.74, 6) is 0.710. The van der Waals surface area contributed by atoms with Gasteiger partial charge in [-0.05, 0) is 65.9 Å². The molecule has 20 atom stereocenters. The maximum absolute atomic E-state index is 13.6. The Morgan fingerprint density at radius 3 is 1.17 bits per heavy atom. The van der Waals surface area contributed by atoms with Crippen LogP contribution < -0.4 is 56.5 Å². The van der Waals surface area contributed by atoms with Gasteiger partial charge < -0.3 is 86.1 Å². The third-order valence-corrected chi connectivity index (χ3v) is 26.6. The third-order valence-electron chi connectivity index (χ3n) is 19.4. The number of nitrogens with one attached hydrogen (secondary N) is 4. The van der Waals surface area contributed by atoms with E-state index in [0.29, 0.717) is 18.1 Å². The van der Waals surface area contributed by atoms with Crippen LogP contribution in [0.1, 0.15) is 114 Å². The highest BCUT2D eigenvalue weighted by molar-refractivity contribution is 7.65. The van der Waals surface area contributed by atoms with Gasteiger partial charge in [0.2, 0.25) is 11.9 Å². The summed E-state index contributed by atoms with van der Waals surface area (Å²) in [5, 5.41) is 0. The van der Waals surface area contributed by atoms with Crippen LogP contribution in [-0.4, -0.2) is 227 Å². The van der Waals surface area contributed by atoms with Crippen molar-refractivity contribution in [3.63, 3.8) is 0 Å². The minimum absolute atomic E-state index is 0.0136. The van der Waals surface area contributed by atoms with Crippen molar-refractivity contribution in [2.45, 2.75) is 180 Å². The summed E-state index contributed by atoms with van der Waals surface area (Å²) in [6.45, 7) is 22.4. The molecule has 7 aromatic heterocycles. The molecule has 5 aliphatic rings. The number of nitrogen functional groups attached to an aromatic ring is 3. The zero-order chi connectivity index (χ0) is 80.5. The fourth-order valence-electron chi connectivity index (χ4n) is 14.3. The largest absolute Gasteiger partial charge is 0.383 e. The van der Waals surface area contributed by atoms with Gasteiger partial charge in [-0.25, -0.2) is 24.4 Å². The van der Waals surface area contributed by atoms with Crippen LogP contribution in [0.3, 0.4) is 0 Å². The maximum atomic E-state index is 13.6. The lowest BCUT2D eigenvalue weighted by molar-refractivity contribution is -0.0497. The molecule has 12 rings (SSSR count). The van der Waals surface area contributed by atoms with E-state index in [-0.39, 0.29) is 128 Å². The Balaban J connectivity index is 0.767. The molecular weight excluding hydrogens is 1550 g/mol. The molecule has 0 spiro atoms. The van der Waals surface area contributed by atoms with Crippen LogP contribution in [0.2, 0.25) is 0 Å². The van der Waals surface area contributed by atoms with Gasteiger partial charge >= 0.3 is 17.1 Å². The molecule has 44 heteroatoms. The van der Waals surface area contributed by atoms with E-state index >= 15 is 0 Å². The number of rotatable bonds is 31. The molecule has 7 aromatic rings. The van der Waals surface area contributed by atoms with Gasteiger partial charge in [-0.1, -0.05) is 45.3 Å². The summed E-state index contributed by atoms with van der Waals surface area (Å²) in [6.07, 6.45) is 15.4. The highest BCUT2D eigenvalue weighted by Gasteiger charge is 2.48. The van der Waals surface area contributed by atoms with E-state index in [1.807, 2.05) is 13.8 Å². The van der Waals surface area contributed by atoms with Gasteiger partial charge in [0, 0.05) is 88.7 Å². The Kier molecular flexibility index (Phi) is 24.8. The van der Waals surface area contributed by atoms with Crippen LogP contribution >= 0.6 is 36.7 Å². The summed E-state index contributed by atoms with van der Waals surface area (Å²) in [5.41, 5.74) is 14.7. The third kappa shape index (κ3) is 19.5. The van der Waals surface area contributed by atoms with Gasteiger partial charge in [0.15, 0.2) is 22.3 Å². The summed E-state index contributed by atoms with van der Waals surface area (Å²) >= 11 is 0. The van der Waals surface area contributed by atoms with Gasteiger partial charge in [-0.15, -0.1) is 0 Å². The number of aryl methyl sites for hydroxylation is 4. The number of anilines is 3. The van der Waals surface area contributed by atoms with E-state index in [1.165, 1.54) is 32.2 Å². The van der Waals surface area contributed by atoms with E-state index in [2.05, 4.69) is 90.2 Å². The lowest BCUT2D eigenvalue weighted by Crippen LogP contribution is -2.33. The maximum Gasteiger partial charge on any atom is 0.351 e. The standard InChI is InChI=1S/C67H100N17O22P5/c1-33(2)39-21-50(80-20-19-49(68)73-65(80)89)97-44(39)28-92-108(11,12)103-40-22-51(81-26-35(5)59(85)78-66(81)90)98-45(40)29-94-111(17,18)106-43-25-54(84-38(8)72-56-58(84)75-64(70)77-62(56)88)101-48(43)32-96-109(13,14)104-41-23-52(82-27-36(6)60(86)79-67(82)91)99-46(41)30-95-110(15,16)105-42-24-53(100-47(42)31-93-107(9,10)102-34(3)4)83-37(7)71-55-57(83)74-63(69)76-61(55)87/h19-20,26-27,33-34,39-48,50-54H,9,11,13,15,17,21-25,28-32H2,1-8,10,12,14,16,18H3,(H2,68,73,89)(H,78,85,90)(H,79,86,91)(H3,69,74,76,87)(H3,70,75,77,88)/t39-,40+,41+,42+,43+,44+,45+,46+,47+,48+,50+,51+,52+,53+,54+,107?,108?,109?,110?,111?/m0/s1. The van der Waals surface area contributed by atoms with Gasteiger partial charge in [0.25, 0.3) is 22.2 Å². The van der Waals surface area contributed by atoms with E-state index in [9.17, 15) is 33.6 Å². The van der Waals surface area contributed by atoms with Crippen molar-refractivity contribution >= 4 is 108 Å². The summed E-state index contributed by atoms with van der Waals surface area (Å²) in [6, 6.07) is 1.53. The van der Waals surface area contributed by atoms with Crippen LogP contribution in [0.15, 0.2) is 58.2 Å². The Morgan fingerprint density at radius 2 is 0.802 bits per heavy atom. The molecular formula is C67H100N17O22P5. The SMILES string of the molecule is C=P(C)(OC[C@H]1O[C@@H](n2c(C)nc3c(=O)[nH]c(N)nc32)C[C@H]1OP(=C)(C)OC[C@H]1O[C@@H](n2cc(C)c(=O)[nH]c2=O)C[C@H]1OP(=C)(C)OC[C@H]1O[C@@H](n2c(C)nc3c(=O)[nH]c(N)nc32)C[C@H]1OP(=C)(C)OC[C@H]1O[C@@H](n2cc(C)c(=O)[nH]c2=O)C[C@H]1OP(=C)(C)OC[C@H]1O[C@@H](n2ccc(N)nc2=O)C[C@H]1C(C)C)OC(C)C.